The monoisotopic (exact) mass is 430 g/mol. The molecule has 0 aromatic heterocycles. The lowest BCUT2D eigenvalue weighted by molar-refractivity contribution is 0.700. The van der Waals surface area contributed by atoms with Crippen molar-refractivity contribution in [2.45, 2.75) is 130 Å². The molecule has 0 nitrogen and oxygen atoms in total. The number of unbranched alkanes of at least 4 members (excludes halogenated alkanes) is 11. The van der Waals surface area contributed by atoms with E-state index < -0.39 is 0 Å². The van der Waals surface area contributed by atoms with E-state index in [1.807, 2.05) is 0 Å². The van der Waals surface area contributed by atoms with Crippen LogP contribution < -0.4 is 0 Å². The van der Waals surface area contributed by atoms with Crippen molar-refractivity contribution >= 4 is 15.8 Å². The van der Waals surface area contributed by atoms with Gasteiger partial charge in [-0.15, -0.1) is 15.8 Å². The summed E-state index contributed by atoms with van der Waals surface area (Å²) in [6, 6.07) is 0. The first-order valence-corrected chi connectivity index (χ1v) is 17.0. The Morgan fingerprint density at radius 1 is 0.286 bits per heavy atom. The first-order valence-electron chi connectivity index (χ1n) is 13.2. The molecule has 0 aliphatic rings. The molecule has 0 radical (unpaired) electrons. The van der Waals surface area contributed by atoms with Crippen molar-refractivity contribution in [1.82, 2.24) is 0 Å². The summed E-state index contributed by atoms with van der Waals surface area (Å²) in [5.74, 6) is 0. The van der Waals surface area contributed by atoms with Crippen LogP contribution in [0.5, 0.6) is 0 Å². The third-order valence-electron chi connectivity index (χ3n) is 6.01. The fourth-order valence-corrected chi connectivity index (χ4v) is 9.40. The average molecular weight is 431 g/mol. The predicted octanol–water partition coefficient (Wildman–Crippen LogP) is 10.3. The smallest absolute Gasteiger partial charge is 0.0326 e. The van der Waals surface area contributed by atoms with Gasteiger partial charge in [0, 0.05) is 0 Å². The molecule has 0 aliphatic heterocycles. The highest BCUT2D eigenvalue weighted by atomic mass is 31.1. The molecule has 170 valence electrons. The Balaban J connectivity index is 3.91. The molecule has 0 atom stereocenters. The minimum Gasteiger partial charge on any atom is -0.107 e. The van der Waals surface area contributed by atoms with Crippen LogP contribution in [0.2, 0.25) is 0 Å². The molecule has 0 N–H and O–H groups in total. The summed E-state index contributed by atoms with van der Waals surface area (Å²) >= 11 is 0. The standard InChI is InChI=1S/C26H56P2/c1-5-9-15-21-27(22-16-10-6-2)25-19-13-14-20-26-28(23-17-11-7-3)24-18-12-8-4/h5-26H2,1-4H3. The first-order chi connectivity index (χ1) is 13.8. The van der Waals surface area contributed by atoms with Gasteiger partial charge in [0.05, 0.1) is 0 Å². The van der Waals surface area contributed by atoms with E-state index in [1.54, 1.807) is 37.0 Å². The molecule has 0 amide bonds. The summed E-state index contributed by atoms with van der Waals surface area (Å²) in [4.78, 5) is 0. The third kappa shape index (κ3) is 20.1. The lowest BCUT2D eigenvalue weighted by Crippen LogP contribution is -1.98. The Morgan fingerprint density at radius 3 is 0.714 bits per heavy atom. The highest BCUT2D eigenvalue weighted by molar-refractivity contribution is 7.57. The van der Waals surface area contributed by atoms with Gasteiger partial charge in [-0.25, -0.2) is 0 Å². The summed E-state index contributed by atoms with van der Waals surface area (Å²) in [7, 11) is 0.734. The molecule has 0 spiro atoms. The van der Waals surface area contributed by atoms with Gasteiger partial charge in [-0.2, -0.15) is 0 Å². The minimum absolute atomic E-state index is 0.367. The van der Waals surface area contributed by atoms with Crippen LogP contribution in [0.1, 0.15) is 130 Å². The zero-order valence-corrected chi connectivity index (χ0v) is 22.2. The molecule has 0 fully saturated rings. The van der Waals surface area contributed by atoms with Crippen LogP contribution in [0.25, 0.3) is 0 Å². The molecular formula is C26H56P2. The maximum Gasteiger partial charge on any atom is -0.0326 e. The molecule has 0 heterocycles. The second-order valence-electron chi connectivity index (χ2n) is 8.93. The summed E-state index contributed by atoms with van der Waals surface area (Å²) in [5.41, 5.74) is 0. The lowest BCUT2D eigenvalue weighted by atomic mass is 10.2. The molecule has 28 heavy (non-hydrogen) atoms. The van der Waals surface area contributed by atoms with E-state index >= 15 is 0 Å². The summed E-state index contributed by atoms with van der Waals surface area (Å²) in [5, 5.41) is 0. The van der Waals surface area contributed by atoms with Crippen molar-refractivity contribution in [3.63, 3.8) is 0 Å². The molecule has 0 unspecified atom stereocenters. The molecule has 0 saturated carbocycles. The molecule has 0 aliphatic carbocycles. The molecular weight excluding hydrogens is 374 g/mol. The largest absolute Gasteiger partial charge is 0.107 e. The molecule has 0 aromatic carbocycles. The Hall–Kier alpha value is 0.860. The third-order valence-corrected chi connectivity index (χ3v) is 11.7. The van der Waals surface area contributed by atoms with Gasteiger partial charge in [-0.3, -0.25) is 0 Å². The predicted molar refractivity (Wildman–Crippen MR) is 140 cm³/mol. The normalized spacial score (nSPS) is 11.8. The van der Waals surface area contributed by atoms with Gasteiger partial charge < -0.3 is 0 Å². The SMILES string of the molecule is CCCCCP(CCCCC)CCCCCCP(CCCCC)CCCCC. The average Bonchev–Trinajstić information content (AvgIpc) is 2.70. The Kier molecular flexibility index (Phi) is 24.9. The van der Waals surface area contributed by atoms with E-state index in [-0.39, 0.29) is 0 Å². The second-order valence-corrected chi connectivity index (χ2v) is 14.3. The summed E-state index contributed by atoms with van der Waals surface area (Å²) < 4.78 is 0. The molecule has 0 aromatic rings. The Morgan fingerprint density at radius 2 is 0.500 bits per heavy atom. The lowest BCUT2D eigenvalue weighted by Gasteiger charge is -2.19. The second kappa shape index (κ2) is 24.1. The molecule has 0 bridgehead atoms. The Labute approximate surface area is 183 Å². The van der Waals surface area contributed by atoms with E-state index in [2.05, 4.69) is 27.7 Å². The van der Waals surface area contributed by atoms with E-state index in [1.165, 1.54) is 103 Å². The fourth-order valence-electron chi connectivity index (χ4n) is 4.04. The quantitative estimate of drug-likeness (QED) is 0.112. The van der Waals surface area contributed by atoms with Crippen LogP contribution in [0.4, 0.5) is 0 Å². The van der Waals surface area contributed by atoms with E-state index in [0.717, 1.165) is 0 Å². The number of hydrogen-bond acceptors (Lipinski definition) is 0. The van der Waals surface area contributed by atoms with Crippen molar-refractivity contribution in [3.8, 4) is 0 Å². The molecule has 2 heteroatoms. The van der Waals surface area contributed by atoms with E-state index in [0.29, 0.717) is 15.8 Å². The van der Waals surface area contributed by atoms with Gasteiger partial charge in [0.15, 0.2) is 0 Å². The van der Waals surface area contributed by atoms with Gasteiger partial charge in [-0.05, 0) is 75.5 Å². The maximum atomic E-state index is 2.35. The maximum absolute atomic E-state index is 2.35. The highest BCUT2D eigenvalue weighted by Crippen LogP contribution is 2.41. The number of hydrogen-bond donors (Lipinski definition) is 0. The van der Waals surface area contributed by atoms with Crippen LogP contribution in [0.15, 0.2) is 0 Å². The molecule has 0 rings (SSSR count). The van der Waals surface area contributed by atoms with Crippen molar-refractivity contribution in [2.75, 3.05) is 37.0 Å². The van der Waals surface area contributed by atoms with Crippen LogP contribution in [-0.4, -0.2) is 37.0 Å². The van der Waals surface area contributed by atoms with Gasteiger partial charge in [0.1, 0.15) is 0 Å². The number of rotatable bonds is 23. The molecule has 0 saturated heterocycles. The van der Waals surface area contributed by atoms with Gasteiger partial charge >= 0.3 is 0 Å². The summed E-state index contributed by atoms with van der Waals surface area (Å²) in [6.07, 6.45) is 33.0. The minimum atomic E-state index is 0.367. The zero-order valence-electron chi connectivity index (χ0n) is 20.5. The van der Waals surface area contributed by atoms with Gasteiger partial charge in [0.2, 0.25) is 0 Å². The van der Waals surface area contributed by atoms with Gasteiger partial charge in [0.25, 0.3) is 0 Å². The van der Waals surface area contributed by atoms with Crippen LogP contribution in [-0.2, 0) is 0 Å². The van der Waals surface area contributed by atoms with Crippen molar-refractivity contribution < 1.29 is 0 Å². The zero-order chi connectivity index (χ0) is 20.7. The topological polar surface area (TPSA) is 0 Å². The van der Waals surface area contributed by atoms with E-state index in [4.69, 9.17) is 0 Å². The van der Waals surface area contributed by atoms with Crippen molar-refractivity contribution in [3.05, 3.63) is 0 Å². The first kappa shape index (κ1) is 28.9. The highest BCUT2D eigenvalue weighted by Gasteiger charge is 2.09. The van der Waals surface area contributed by atoms with Gasteiger partial charge in [-0.1, -0.05) is 91.9 Å². The summed E-state index contributed by atoms with van der Waals surface area (Å²) in [6.45, 7) is 9.38. The van der Waals surface area contributed by atoms with E-state index in [9.17, 15) is 0 Å². The van der Waals surface area contributed by atoms with Crippen LogP contribution in [0, 0.1) is 0 Å². The Bertz CT molecular complexity index is 232. The van der Waals surface area contributed by atoms with Crippen LogP contribution in [0.3, 0.4) is 0 Å². The van der Waals surface area contributed by atoms with Crippen molar-refractivity contribution in [1.29, 1.82) is 0 Å². The fraction of sp³-hybridized carbons (Fsp3) is 1.00. The van der Waals surface area contributed by atoms with Crippen LogP contribution >= 0.6 is 15.8 Å². The van der Waals surface area contributed by atoms with Crippen molar-refractivity contribution in [2.24, 2.45) is 0 Å².